The number of aryl methyl sites for hydroxylation is 1. The molecule has 0 spiro atoms. The molecule has 2 amide bonds. The molecule has 0 saturated carbocycles. The van der Waals surface area contributed by atoms with E-state index in [1.54, 1.807) is 7.05 Å². The lowest BCUT2D eigenvalue weighted by Crippen LogP contribution is -2.40. The highest BCUT2D eigenvalue weighted by Gasteiger charge is 2.54. The van der Waals surface area contributed by atoms with E-state index in [0.717, 1.165) is 4.90 Å². The number of ether oxygens (including phenoxy) is 1. The van der Waals surface area contributed by atoms with Gasteiger partial charge < -0.3 is 9.64 Å². The molecule has 2 atom stereocenters. The third kappa shape index (κ3) is 2.03. The van der Waals surface area contributed by atoms with Crippen molar-refractivity contribution in [2.45, 2.75) is 12.1 Å². The van der Waals surface area contributed by atoms with Crippen LogP contribution in [0.1, 0.15) is 23.3 Å². The van der Waals surface area contributed by atoms with Gasteiger partial charge in [-0.25, -0.2) is 9.59 Å². The van der Waals surface area contributed by atoms with Gasteiger partial charge in [-0.3, -0.25) is 9.23 Å². The van der Waals surface area contributed by atoms with Gasteiger partial charge in [-0.05, 0) is 0 Å². The quantitative estimate of drug-likeness (QED) is 0.560. The number of esters is 1. The lowest BCUT2D eigenvalue weighted by Gasteiger charge is -2.28. The van der Waals surface area contributed by atoms with E-state index in [1.165, 1.54) is 18.0 Å². The van der Waals surface area contributed by atoms with E-state index in [0.29, 0.717) is 16.3 Å². The van der Waals surface area contributed by atoms with E-state index in [1.807, 2.05) is 0 Å². The van der Waals surface area contributed by atoms with Gasteiger partial charge in [0, 0.05) is 12.6 Å². The number of hydrogen-bond donors (Lipinski definition) is 1. The third-order valence-corrected chi connectivity index (χ3v) is 3.98. The maximum atomic E-state index is 12.3. The molecule has 11 nitrogen and oxygen atoms in total. The number of carbonyl (C=O) groups is 2. The Morgan fingerprint density at radius 1 is 1.50 bits per heavy atom. The second-order valence-electron chi connectivity index (χ2n) is 4.81. The van der Waals surface area contributed by atoms with Gasteiger partial charge in [-0.15, -0.1) is 4.28 Å². The highest BCUT2D eigenvalue weighted by atomic mass is 32.3. The van der Waals surface area contributed by atoms with Gasteiger partial charge in [-0.1, -0.05) is 0 Å². The number of hydrogen-bond acceptors (Lipinski definition) is 7. The van der Waals surface area contributed by atoms with Crippen molar-refractivity contribution in [2.75, 3.05) is 13.7 Å². The number of urea groups is 1. The molecule has 0 radical (unpaired) electrons. The van der Waals surface area contributed by atoms with Crippen LogP contribution in [0.5, 0.6) is 0 Å². The summed E-state index contributed by atoms with van der Waals surface area (Å²) in [6, 6.07) is -2.74. The number of hydroxylamine groups is 2. The standard InChI is InChI=1S/C10H12N4O7S/c1-12-7-5(3-11-12)6-4-13(8(7)9(15)20-2)10(16)14(6)21-22(17,18)19/h3,6,8H,4H2,1-2H3,(H,17,18,19)/t6-,8+/m1/s1. The molecule has 3 heterocycles. The van der Waals surface area contributed by atoms with Crippen molar-refractivity contribution < 1.29 is 31.6 Å². The van der Waals surface area contributed by atoms with Crippen LogP contribution >= 0.6 is 0 Å². The summed E-state index contributed by atoms with van der Waals surface area (Å²) in [5, 5.41) is 4.53. The second kappa shape index (κ2) is 4.66. The van der Waals surface area contributed by atoms with E-state index < -0.39 is 34.5 Å². The fourth-order valence-corrected chi connectivity index (χ4v) is 3.15. The largest absolute Gasteiger partial charge is 0.467 e. The third-order valence-electron chi connectivity index (χ3n) is 3.63. The Balaban J connectivity index is 2.11. The molecular formula is C10H12N4O7S. The summed E-state index contributed by atoms with van der Waals surface area (Å²) in [7, 11) is -2.12. The zero-order valence-electron chi connectivity index (χ0n) is 11.5. The lowest BCUT2D eigenvalue weighted by atomic mass is 9.98. The maximum Gasteiger partial charge on any atom is 0.418 e. The predicted octanol–water partition coefficient (Wildman–Crippen LogP) is -0.839. The number of amides is 2. The van der Waals surface area contributed by atoms with Crippen molar-refractivity contribution in [3.63, 3.8) is 0 Å². The summed E-state index contributed by atoms with van der Waals surface area (Å²) >= 11 is 0. The van der Waals surface area contributed by atoms with Gasteiger partial charge in [0.15, 0.2) is 6.04 Å². The van der Waals surface area contributed by atoms with Crippen molar-refractivity contribution in [1.29, 1.82) is 0 Å². The molecule has 2 aliphatic rings. The van der Waals surface area contributed by atoms with Gasteiger partial charge in [-0.2, -0.15) is 18.6 Å². The van der Waals surface area contributed by atoms with Crippen LogP contribution in [-0.2, 0) is 31.3 Å². The Labute approximate surface area is 124 Å². The highest BCUT2D eigenvalue weighted by Crippen LogP contribution is 2.44. The minimum atomic E-state index is -4.88. The van der Waals surface area contributed by atoms with E-state index in [-0.39, 0.29) is 6.54 Å². The molecule has 1 fully saturated rings. The number of methoxy groups -OCH3 is 1. The lowest BCUT2D eigenvalue weighted by molar-refractivity contribution is -0.146. The maximum absolute atomic E-state index is 12.3. The monoisotopic (exact) mass is 332 g/mol. The Morgan fingerprint density at radius 2 is 2.18 bits per heavy atom. The SMILES string of the molecule is COC(=O)[C@@H]1c2c(cnn2C)[C@H]2CN1C(=O)N2OS(=O)(=O)O. The Bertz CT molecular complexity index is 757. The summed E-state index contributed by atoms with van der Waals surface area (Å²) in [6.45, 7) is 0.00676. The minimum Gasteiger partial charge on any atom is -0.467 e. The molecule has 2 aliphatic heterocycles. The highest BCUT2D eigenvalue weighted by molar-refractivity contribution is 7.80. The molecule has 1 N–H and O–H groups in total. The number of carbonyl (C=O) groups excluding carboxylic acids is 2. The van der Waals surface area contributed by atoms with Crippen LogP contribution in [-0.4, -0.2) is 58.4 Å². The molecule has 12 heteroatoms. The van der Waals surface area contributed by atoms with Crippen molar-refractivity contribution in [2.24, 2.45) is 7.05 Å². The van der Waals surface area contributed by atoms with Crippen molar-refractivity contribution >= 4 is 22.4 Å². The summed E-state index contributed by atoms with van der Waals surface area (Å²) in [5.74, 6) is -0.689. The van der Waals surface area contributed by atoms with Gasteiger partial charge >= 0.3 is 22.4 Å². The smallest absolute Gasteiger partial charge is 0.418 e. The zero-order valence-corrected chi connectivity index (χ0v) is 12.3. The van der Waals surface area contributed by atoms with Crippen molar-refractivity contribution in [3.8, 4) is 0 Å². The second-order valence-corrected chi connectivity index (χ2v) is 5.82. The molecule has 1 aromatic heterocycles. The Hall–Kier alpha value is -2.18. The van der Waals surface area contributed by atoms with E-state index in [2.05, 4.69) is 9.38 Å². The molecule has 3 rings (SSSR count). The summed E-state index contributed by atoms with van der Waals surface area (Å²) in [4.78, 5) is 25.4. The molecule has 1 saturated heterocycles. The zero-order chi connectivity index (χ0) is 16.2. The van der Waals surface area contributed by atoms with Crippen molar-refractivity contribution in [3.05, 3.63) is 17.5 Å². The first-order valence-electron chi connectivity index (χ1n) is 6.11. The molecular weight excluding hydrogens is 320 g/mol. The summed E-state index contributed by atoms with van der Waals surface area (Å²) < 4.78 is 41.1. The van der Waals surface area contributed by atoms with Crippen LogP contribution in [0, 0.1) is 0 Å². The fourth-order valence-electron chi connectivity index (χ4n) is 2.78. The van der Waals surface area contributed by atoms with Crippen molar-refractivity contribution in [1.82, 2.24) is 19.7 Å². The topological polar surface area (TPSA) is 131 Å². The van der Waals surface area contributed by atoms with Gasteiger partial charge in [0.25, 0.3) is 0 Å². The summed E-state index contributed by atoms with van der Waals surface area (Å²) in [6.07, 6.45) is 1.41. The molecule has 120 valence electrons. The molecule has 1 aromatic rings. The number of fused-ring (bicyclic) bond motifs is 4. The first kappa shape index (κ1) is 14.7. The van der Waals surface area contributed by atoms with Gasteiger partial charge in [0.05, 0.1) is 25.5 Å². The van der Waals surface area contributed by atoms with Crippen LogP contribution in [0.15, 0.2) is 6.20 Å². The Morgan fingerprint density at radius 3 is 2.77 bits per heavy atom. The molecule has 2 bridgehead atoms. The molecule has 0 aliphatic carbocycles. The van der Waals surface area contributed by atoms with E-state index in [9.17, 15) is 18.0 Å². The Kier molecular flexibility index (Phi) is 3.12. The number of nitrogens with zero attached hydrogens (tertiary/aromatic N) is 4. The van der Waals surface area contributed by atoms with E-state index >= 15 is 0 Å². The van der Waals surface area contributed by atoms with E-state index in [4.69, 9.17) is 9.29 Å². The fraction of sp³-hybridized carbons (Fsp3) is 0.500. The number of rotatable bonds is 3. The molecule has 22 heavy (non-hydrogen) atoms. The molecule has 0 aromatic carbocycles. The first-order valence-corrected chi connectivity index (χ1v) is 7.47. The average molecular weight is 332 g/mol. The van der Waals surface area contributed by atoms with Gasteiger partial charge in [0.1, 0.15) is 6.04 Å². The first-order chi connectivity index (χ1) is 10.2. The van der Waals surface area contributed by atoms with Crippen LogP contribution in [0.2, 0.25) is 0 Å². The van der Waals surface area contributed by atoms with Gasteiger partial charge in [0.2, 0.25) is 0 Å². The molecule has 0 unspecified atom stereocenters. The summed E-state index contributed by atoms with van der Waals surface area (Å²) in [5.41, 5.74) is 0.849. The number of aromatic nitrogens is 2. The van der Waals surface area contributed by atoms with Crippen LogP contribution in [0.25, 0.3) is 0 Å². The minimum absolute atomic E-state index is 0.00676. The normalized spacial score (nSPS) is 23.7. The average Bonchev–Trinajstić information content (AvgIpc) is 2.93. The predicted molar refractivity (Wildman–Crippen MR) is 67.3 cm³/mol. The van der Waals surface area contributed by atoms with Crippen LogP contribution in [0.4, 0.5) is 4.79 Å². The van der Waals surface area contributed by atoms with Crippen LogP contribution < -0.4 is 0 Å². The van der Waals surface area contributed by atoms with Crippen LogP contribution in [0.3, 0.4) is 0 Å².